The number of carboxylic acids is 1. The highest BCUT2D eigenvalue weighted by atomic mass is 32.1. The molecule has 0 aromatic heterocycles. The van der Waals surface area contributed by atoms with Crippen molar-refractivity contribution in [1.82, 2.24) is 0 Å². The minimum absolute atomic E-state index is 0.0496. The van der Waals surface area contributed by atoms with Gasteiger partial charge in [0.25, 0.3) is 11.8 Å². The zero-order valence-electron chi connectivity index (χ0n) is 23.7. The van der Waals surface area contributed by atoms with Crippen LogP contribution in [0.1, 0.15) is 32.6 Å². The molecule has 2 amide bonds. The third-order valence-corrected chi connectivity index (χ3v) is 7.49. The fourth-order valence-electron chi connectivity index (χ4n) is 4.64. The second kappa shape index (κ2) is 12.3. The van der Waals surface area contributed by atoms with Gasteiger partial charge in [0.1, 0.15) is 12.2 Å². The highest BCUT2D eigenvalue weighted by Crippen LogP contribution is 2.36. The van der Waals surface area contributed by atoms with Gasteiger partial charge < -0.3 is 14.6 Å². The van der Waals surface area contributed by atoms with Crippen LogP contribution in [-0.4, -0.2) is 35.1 Å². The smallest absolute Gasteiger partial charge is 0.335 e. The van der Waals surface area contributed by atoms with Gasteiger partial charge >= 0.3 is 5.97 Å². The van der Waals surface area contributed by atoms with Gasteiger partial charge in [0.2, 0.25) is 0 Å². The molecular formula is C34H28N2O6S. The molecule has 216 valence electrons. The molecule has 8 nitrogen and oxygen atoms in total. The number of para-hydroxylation sites is 2. The Balaban J connectivity index is 1.58. The molecule has 0 unspecified atom stereocenters. The molecule has 0 radical (unpaired) electrons. The molecule has 0 saturated carbocycles. The molecule has 1 heterocycles. The summed E-state index contributed by atoms with van der Waals surface area (Å²) in [5.74, 6) is -1.44. The number of hydrogen-bond acceptors (Lipinski definition) is 6. The lowest BCUT2D eigenvalue weighted by atomic mass is 10.0. The van der Waals surface area contributed by atoms with Crippen molar-refractivity contribution in [3.63, 3.8) is 0 Å². The first-order chi connectivity index (χ1) is 20.7. The molecule has 1 saturated heterocycles. The second-order valence-electron chi connectivity index (χ2n) is 9.90. The van der Waals surface area contributed by atoms with Crippen LogP contribution in [0.25, 0.3) is 6.08 Å². The summed E-state index contributed by atoms with van der Waals surface area (Å²) in [4.78, 5) is 42.0. The minimum atomic E-state index is -1.02. The number of carboxylic acid groups (broad SMARTS) is 1. The van der Waals surface area contributed by atoms with Gasteiger partial charge in [0.05, 0.1) is 24.0 Å². The molecule has 1 aliphatic rings. The normalized spacial score (nSPS) is 14.3. The van der Waals surface area contributed by atoms with E-state index in [9.17, 15) is 19.5 Å². The molecule has 1 N–H and O–H groups in total. The molecule has 0 atom stereocenters. The molecule has 5 rings (SSSR count). The monoisotopic (exact) mass is 592 g/mol. The quantitative estimate of drug-likeness (QED) is 0.145. The van der Waals surface area contributed by atoms with Crippen LogP contribution in [0.4, 0.5) is 11.4 Å². The van der Waals surface area contributed by atoms with Gasteiger partial charge in [-0.3, -0.25) is 19.4 Å². The number of aryl methyl sites for hydroxylation is 2. The van der Waals surface area contributed by atoms with Gasteiger partial charge in [0, 0.05) is 5.56 Å². The number of rotatable bonds is 8. The number of nitrogens with zero attached hydrogens (tertiary/aromatic N) is 2. The van der Waals surface area contributed by atoms with E-state index in [-0.39, 0.29) is 22.9 Å². The predicted molar refractivity (Wildman–Crippen MR) is 169 cm³/mol. The Morgan fingerprint density at radius 2 is 1.51 bits per heavy atom. The van der Waals surface area contributed by atoms with E-state index in [4.69, 9.17) is 21.7 Å². The summed E-state index contributed by atoms with van der Waals surface area (Å²) in [5, 5.41) is 9.24. The Labute approximate surface area is 254 Å². The minimum Gasteiger partial charge on any atom is -0.493 e. The molecular weight excluding hydrogens is 564 g/mol. The van der Waals surface area contributed by atoms with E-state index in [1.807, 2.05) is 32.0 Å². The molecule has 1 fully saturated rings. The number of carbonyl (C=O) groups excluding carboxylic acids is 2. The van der Waals surface area contributed by atoms with E-state index < -0.39 is 17.8 Å². The summed E-state index contributed by atoms with van der Waals surface area (Å²) in [6.07, 6.45) is 1.49. The first-order valence-corrected chi connectivity index (χ1v) is 13.8. The van der Waals surface area contributed by atoms with Crippen molar-refractivity contribution in [2.45, 2.75) is 20.5 Å². The third kappa shape index (κ3) is 5.89. The number of carbonyl (C=O) groups is 3. The summed E-state index contributed by atoms with van der Waals surface area (Å²) >= 11 is 5.75. The van der Waals surface area contributed by atoms with E-state index >= 15 is 0 Å². The van der Waals surface area contributed by atoms with Gasteiger partial charge in [-0.2, -0.15) is 0 Å². The van der Waals surface area contributed by atoms with Crippen LogP contribution in [0.3, 0.4) is 0 Å². The van der Waals surface area contributed by atoms with Crippen LogP contribution in [0.15, 0.2) is 96.6 Å². The predicted octanol–water partition coefficient (Wildman–Crippen LogP) is 6.34. The van der Waals surface area contributed by atoms with Gasteiger partial charge in [-0.25, -0.2) is 4.79 Å². The number of amides is 2. The van der Waals surface area contributed by atoms with E-state index in [0.29, 0.717) is 28.4 Å². The zero-order valence-corrected chi connectivity index (χ0v) is 24.6. The van der Waals surface area contributed by atoms with Crippen LogP contribution >= 0.6 is 12.2 Å². The maximum absolute atomic E-state index is 14.1. The van der Waals surface area contributed by atoms with Crippen molar-refractivity contribution in [1.29, 1.82) is 0 Å². The van der Waals surface area contributed by atoms with Crippen molar-refractivity contribution in [2.24, 2.45) is 0 Å². The maximum Gasteiger partial charge on any atom is 0.335 e. The molecule has 4 aromatic rings. The Morgan fingerprint density at radius 1 is 0.837 bits per heavy atom. The van der Waals surface area contributed by atoms with Crippen molar-refractivity contribution in [3.05, 3.63) is 124 Å². The highest BCUT2D eigenvalue weighted by molar-refractivity contribution is 7.81. The van der Waals surface area contributed by atoms with Crippen molar-refractivity contribution in [3.8, 4) is 11.5 Å². The van der Waals surface area contributed by atoms with E-state index in [1.54, 1.807) is 60.7 Å². The lowest BCUT2D eigenvalue weighted by Gasteiger charge is -2.36. The standard InChI is InChI=1S/C34H28N2O6S/c1-21-12-17-27(18-22(21)2)36-32(38)28(31(37)35(34(36)43)26-9-5-4-6-10-26)19-25-8-7-11-29(41-3)30(25)42-20-23-13-15-24(16-14-23)33(39)40/h4-19H,20H2,1-3H3,(H,39,40)/b28-19-. The average molecular weight is 593 g/mol. The van der Waals surface area contributed by atoms with Crippen LogP contribution in [0, 0.1) is 13.8 Å². The van der Waals surface area contributed by atoms with Gasteiger partial charge in [-0.15, -0.1) is 0 Å². The molecule has 9 heteroatoms. The summed E-state index contributed by atoms with van der Waals surface area (Å²) in [7, 11) is 1.49. The SMILES string of the molecule is COc1cccc(/C=C2/C(=O)N(c3ccccc3)C(=S)N(c3ccc(C)c(C)c3)C2=O)c1OCc1ccc(C(=O)O)cc1. The number of anilines is 2. The summed E-state index contributed by atoms with van der Waals surface area (Å²) in [5.41, 5.74) is 4.32. The van der Waals surface area contributed by atoms with Gasteiger partial charge in [-0.05, 0) is 91.3 Å². The fraction of sp³-hybridized carbons (Fsp3) is 0.118. The largest absolute Gasteiger partial charge is 0.493 e. The first-order valence-electron chi connectivity index (χ1n) is 13.4. The lowest BCUT2D eigenvalue weighted by molar-refractivity contribution is -0.120. The van der Waals surface area contributed by atoms with Crippen molar-refractivity contribution < 1.29 is 29.0 Å². The van der Waals surface area contributed by atoms with E-state index in [1.165, 1.54) is 35.1 Å². The number of ether oxygens (including phenoxy) is 2. The molecule has 0 bridgehead atoms. The lowest BCUT2D eigenvalue weighted by Crippen LogP contribution is -2.57. The third-order valence-electron chi connectivity index (χ3n) is 7.13. The summed E-state index contributed by atoms with van der Waals surface area (Å²) < 4.78 is 11.7. The Morgan fingerprint density at radius 3 is 2.14 bits per heavy atom. The van der Waals surface area contributed by atoms with Crippen LogP contribution < -0.4 is 19.3 Å². The number of benzene rings is 4. The molecule has 0 spiro atoms. The van der Waals surface area contributed by atoms with Crippen LogP contribution in [0.5, 0.6) is 11.5 Å². The highest BCUT2D eigenvalue weighted by Gasteiger charge is 2.41. The van der Waals surface area contributed by atoms with Crippen molar-refractivity contribution in [2.75, 3.05) is 16.9 Å². The molecule has 43 heavy (non-hydrogen) atoms. The first kappa shape index (κ1) is 29.2. The topological polar surface area (TPSA) is 96.4 Å². The van der Waals surface area contributed by atoms with Crippen molar-refractivity contribution >= 4 is 52.6 Å². The summed E-state index contributed by atoms with van der Waals surface area (Å²) in [6, 6.07) is 26.0. The number of methoxy groups -OCH3 is 1. The Bertz CT molecular complexity index is 1770. The molecule has 1 aliphatic heterocycles. The molecule has 0 aliphatic carbocycles. The Hall–Kier alpha value is -5.28. The van der Waals surface area contributed by atoms with E-state index in [0.717, 1.165) is 16.7 Å². The number of hydrogen-bond donors (Lipinski definition) is 1. The van der Waals surface area contributed by atoms with E-state index in [2.05, 4.69) is 0 Å². The fourth-order valence-corrected chi connectivity index (χ4v) is 5.02. The van der Waals surface area contributed by atoms with Crippen LogP contribution in [0.2, 0.25) is 0 Å². The molecule has 4 aromatic carbocycles. The van der Waals surface area contributed by atoms with Gasteiger partial charge in [-0.1, -0.05) is 48.5 Å². The van der Waals surface area contributed by atoms with Gasteiger partial charge in [0.15, 0.2) is 16.6 Å². The van der Waals surface area contributed by atoms with Crippen LogP contribution in [-0.2, 0) is 16.2 Å². The maximum atomic E-state index is 14.1. The Kier molecular flexibility index (Phi) is 8.36. The average Bonchev–Trinajstić information content (AvgIpc) is 3.01. The summed E-state index contributed by atoms with van der Waals surface area (Å²) in [6.45, 7) is 4.01. The second-order valence-corrected chi connectivity index (χ2v) is 10.3. The zero-order chi connectivity index (χ0) is 30.7. The number of aromatic carboxylic acids is 1. The number of thiocarbonyl (C=S) groups is 1.